The van der Waals surface area contributed by atoms with Crippen LogP contribution in [0.15, 0.2) is 0 Å². The first-order chi connectivity index (χ1) is 28.9. The molecular formula is C53H102O6. The summed E-state index contributed by atoms with van der Waals surface area (Å²) >= 11 is 0. The average Bonchev–Trinajstić information content (AvgIpc) is 3.22. The van der Waals surface area contributed by atoms with Crippen LogP contribution in [-0.4, -0.2) is 37.2 Å². The third-order valence-electron chi connectivity index (χ3n) is 12.0. The van der Waals surface area contributed by atoms with Gasteiger partial charge in [0.05, 0.1) is 0 Å². The second-order valence-corrected chi connectivity index (χ2v) is 18.6. The molecule has 0 aliphatic heterocycles. The van der Waals surface area contributed by atoms with Crippen molar-refractivity contribution in [3.8, 4) is 0 Å². The number of rotatable bonds is 48. The van der Waals surface area contributed by atoms with Gasteiger partial charge in [-0.05, 0) is 25.2 Å². The van der Waals surface area contributed by atoms with Gasteiger partial charge >= 0.3 is 17.9 Å². The number of unbranched alkanes of at least 4 members (excludes halogenated alkanes) is 35. The first kappa shape index (κ1) is 57.4. The van der Waals surface area contributed by atoms with Crippen LogP contribution < -0.4 is 0 Å². The molecule has 0 rings (SSSR count). The quantitative estimate of drug-likeness (QED) is 0.0345. The van der Waals surface area contributed by atoms with Crippen LogP contribution in [0.25, 0.3) is 0 Å². The first-order valence-electron chi connectivity index (χ1n) is 26.4. The lowest BCUT2D eigenvalue weighted by molar-refractivity contribution is -0.167. The summed E-state index contributed by atoms with van der Waals surface area (Å²) in [5.74, 6) is 0.0119. The topological polar surface area (TPSA) is 78.9 Å². The molecule has 0 aromatic rings. The van der Waals surface area contributed by atoms with E-state index in [1.54, 1.807) is 0 Å². The first-order valence-corrected chi connectivity index (χ1v) is 26.4. The largest absolute Gasteiger partial charge is 0.462 e. The molecule has 59 heavy (non-hydrogen) atoms. The Balaban J connectivity index is 4.15. The van der Waals surface area contributed by atoms with Gasteiger partial charge in [-0.25, -0.2) is 0 Å². The molecule has 0 saturated carbocycles. The van der Waals surface area contributed by atoms with Gasteiger partial charge in [0.25, 0.3) is 0 Å². The van der Waals surface area contributed by atoms with Crippen LogP contribution in [0.1, 0.15) is 297 Å². The molecule has 0 unspecified atom stereocenters. The SMILES string of the molecule is CCCCCCCCCCCCCC(=O)O[C@@H](COC(=O)CCCCCCCCCCC)COC(=O)CCCCCCCCCCCCCCCCCCCCC(C)C. The maximum atomic E-state index is 12.7. The highest BCUT2D eigenvalue weighted by Crippen LogP contribution is 2.17. The highest BCUT2D eigenvalue weighted by molar-refractivity contribution is 5.71. The standard InChI is InChI=1S/C53H102O6/c1-5-7-9-11-13-15-24-30-34-38-42-46-53(56)59-50(47-57-51(54)44-40-36-32-27-14-12-10-8-6-2)48-58-52(55)45-41-37-33-29-26-23-21-19-17-16-18-20-22-25-28-31-35-39-43-49(3)4/h49-50H,5-48H2,1-4H3/t50-/m0/s1. The summed E-state index contributed by atoms with van der Waals surface area (Å²) in [7, 11) is 0. The van der Waals surface area contributed by atoms with Crippen molar-refractivity contribution in [1.82, 2.24) is 0 Å². The predicted octanol–water partition coefficient (Wildman–Crippen LogP) is 17.1. The molecule has 350 valence electrons. The Morgan fingerprint density at radius 1 is 0.322 bits per heavy atom. The molecule has 0 radical (unpaired) electrons. The lowest BCUT2D eigenvalue weighted by Crippen LogP contribution is -2.30. The summed E-state index contributed by atoms with van der Waals surface area (Å²) < 4.78 is 16.8. The highest BCUT2D eigenvalue weighted by Gasteiger charge is 2.19. The Hall–Kier alpha value is -1.59. The zero-order valence-electron chi connectivity index (χ0n) is 40.2. The van der Waals surface area contributed by atoms with E-state index in [4.69, 9.17) is 14.2 Å². The van der Waals surface area contributed by atoms with Crippen molar-refractivity contribution in [1.29, 1.82) is 0 Å². The molecule has 0 bridgehead atoms. The molecule has 0 saturated heterocycles. The molecule has 0 heterocycles. The lowest BCUT2D eigenvalue weighted by atomic mass is 10.0. The van der Waals surface area contributed by atoms with E-state index in [-0.39, 0.29) is 31.1 Å². The summed E-state index contributed by atoms with van der Waals surface area (Å²) in [6.07, 6.45) is 49.5. The molecule has 0 fully saturated rings. The van der Waals surface area contributed by atoms with Crippen molar-refractivity contribution < 1.29 is 28.6 Å². The Bertz CT molecular complexity index is 887. The number of hydrogen-bond donors (Lipinski definition) is 0. The number of esters is 3. The fraction of sp³-hybridized carbons (Fsp3) is 0.943. The number of hydrogen-bond acceptors (Lipinski definition) is 6. The van der Waals surface area contributed by atoms with Crippen molar-refractivity contribution in [3.63, 3.8) is 0 Å². The third kappa shape index (κ3) is 47.3. The highest BCUT2D eigenvalue weighted by atomic mass is 16.6. The van der Waals surface area contributed by atoms with Crippen LogP contribution in [0.2, 0.25) is 0 Å². The van der Waals surface area contributed by atoms with Crippen LogP contribution >= 0.6 is 0 Å². The van der Waals surface area contributed by atoms with E-state index in [0.29, 0.717) is 19.3 Å². The van der Waals surface area contributed by atoms with Crippen molar-refractivity contribution in [2.24, 2.45) is 5.92 Å². The van der Waals surface area contributed by atoms with Gasteiger partial charge < -0.3 is 14.2 Å². The van der Waals surface area contributed by atoms with Crippen LogP contribution in [-0.2, 0) is 28.6 Å². The smallest absolute Gasteiger partial charge is 0.306 e. The minimum Gasteiger partial charge on any atom is -0.462 e. The fourth-order valence-corrected chi connectivity index (χ4v) is 8.04. The Morgan fingerprint density at radius 2 is 0.559 bits per heavy atom. The molecule has 0 amide bonds. The maximum absolute atomic E-state index is 12.7. The van der Waals surface area contributed by atoms with Crippen molar-refractivity contribution in [3.05, 3.63) is 0 Å². The Morgan fingerprint density at radius 3 is 0.831 bits per heavy atom. The Kier molecular flexibility index (Phi) is 46.2. The van der Waals surface area contributed by atoms with E-state index in [1.807, 2.05) is 0 Å². The van der Waals surface area contributed by atoms with Crippen molar-refractivity contribution in [2.75, 3.05) is 13.2 Å². The van der Waals surface area contributed by atoms with Crippen molar-refractivity contribution >= 4 is 17.9 Å². The van der Waals surface area contributed by atoms with Crippen LogP contribution in [0.5, 0.6) is 0 Å². The van der Waals surface area contributed by atoms with Gasteiger partial charge in [-0.1, -0.05) is 259 Å². The lowest BCUT2D eigenvalue weighted by Gasteiger charge is -2.18. The zero-order valence-corrected chi connectivity index (χ0v) is 40.2. The van der Waals surface area contributed by atoms with Gasteiger partial charge in [0.15, 0.2) is 6.10 Å². The second-order valence-electron chi connectivity index (χ2n) is 18.6. The summed E-state index contributed by atoms with van der Waals surface area (Å²) in [5, 5.41) is 0. The minimum atomic E-state index is -0.759. The van der Waals surface area contributed by atoms with Gasteiger partial charge in [0.2, 0.25) is 0 Å². The molecule has 0 aromatic carbocycles. The van der Waals surface area contributed by atoms with E-state index >= 15 is 0 Å². The molecular weight excluding hydrogens is 733 g/mol. The zero-order chi connectivity index (χ0) is 43.1. The predicted molar refractivity (Wildman–Crippen MR) is 252 cm³/mol. The van der Waals surface area contributed by atoms with Crippen molar-refractivity contribution in [2.45, 2.75) is 303 Å². The second kappa shape index (κ2) is 47.5. The molecule has 0 aromatic heterocycles. The molecule has 0 aliphatic carbocycles. The molecule has 6 nitrogen and oxygen atoms in total. The third-order valence-corrected chi connectivity index (χ3v) is 12.0. The number of ether oxygens (including phenoxy) is 3. The molecule has 0 N–H and O–H groups in total. The van der Waals surface area contributed by atoms with Gasteiger partial charge in [-0.3, -0.25) is 14.4 Å². The molecule has 1 atom stereocenters. The number of carbonyl (C=O) groups excluding carboxylic acids is 3. The van der Waals surface area contributed by atoms with Crippen LogP contribution in [0.4, 0.5) is 0 Å². The van der Waals surface area contributed by atoms with E-state index in [9.17, 15) is 14.4 Å². The van der Waals surface area contributed by atoms with E-state index in [0.717, 1.165) is 63.7 Å². The van der Waals surface area contributed by atoms with E-state index < -0.39 is 6.10 Å². The maximum Gasteiger partial charge on any atom is 0.306 e. The van der Waals surface area contributed by atoms with E-state index in [1.165, 1.54) is 193 Å². The van der Waals surface area contributed by atoms with Gasteiger partial charge in [-0.2, -0.15) is 0 Å². The van der Waals surface area contributed by atoms with Crippen LogP contribution in [0.3, 0.4) is 0 Å². The van der Waals surface area contributed by atoms with Gasteiger partial charge in [0.1, 0.15) is 13.2 Å². The molecule has 0 spiro atoms. The normalized spacial score (nSPS) is 11.9. The van der Waals surface area contributed by atoms with Crippen LogP contribution in [0, 0.1) is 5.92 Å². The molecule has 0 aliphatic rings. The van der Waals surface area contributed by atoms with E-state index in [2.05, 4.69) is 27.7 Å². The average molecular weight is 835 g/mol. The summed E-state index contributed by atoms with van der Waals surface area (Å²) in [4.78, 5) is 37.8. The summed E-state index contributed by atoms with van der Waals surface area (Å²) in [6.45, 7) is 9.02. The summed E-state index contributed by atoms with van der Waals surface area (Å²) in [6, 6.07) is 0. The summed E-state index contributed by atoms with van der Waals surface area (Å²) in [5.41, 5.74) is 0. The minimum absolute atomic E-state index is 0.0627. The van der Waals surface area contributed by atoms with Gasteiger partial charge in [0, 0.05) is 19.3 Å². The Labute approximate surface area is 368 Å². The fourth-order valence-electron chi connectivity index (χ4n) is 8.04. The molecule has 6 heteroatoms. The number of carbonyl (C=O) groups is 3. The monoisotopic (exact) mass is 835 g/mol. The van der Waals surface area contributed by atoms with Gasteiger partial charge in [-0.15, -0.1) is 0 Å².